The van der Waals surface area contributed by atoms with Crippen LogP contribution in [-0.4, -0.2) is 33.2 Å². The standard InChI is InChI=1S/C16H27N3O2/c1-9-12(2)19-11-17-10-13(19)16(6,7)18(8)14(20)21-15(3,4)5/h9-12H,1H2,2-8H3. The first-order chi connectivity index (χ1) is 9.50. The van der Waals surface area contributed by atoms with E-state index in [9.17, 15) is 4.79 Å². The van der Waals surface area contributed by atoms with E-state index in [0.717, 1.165) is 5.69 Å². The number of imidazole rings is 1. The quantitative estimate of drug-likeness (QED) is 0.795. The molecule has 1 heterocycles. The van der Waals surface area contributed by atoms with Crippen molar-refractivity contribution >= 4 is 6.09 Å². The molecule has 0 N–H and O–H groups in total. The van der Waals surface area contributed by atoms with Gasteiger partial charge in [0.15, 0.2) is 0 Å². The molecule has 5 nitrogen and oxygen atoms in total. The van der Waals surface area contributed by atoms with Crippen LogP contribution in [-0.2, 0) is 10.3 Å². The van der Waals surface area contributed by atoms with Gasteiger partial charge >= 0.3 is 6.09 Å². The van der Waals surface area contributed by atoms with E-state index in [0.29, 0.717) is 0 Å². The molecule has 0 aliphatic carbocycles. The second-order valence-electron chi connectivity index (χ2n) is 6.76. The monoisotopic (exact) mass is 293 g/mol. The number of allylic oxidation sites excluding steroid dienone is 1. The molecule has 1 rings (SSSR count). The number of hydrogen-bond donors (Lipinski definition) is 0. The third kappa shape index (κ3) is 3.86. The van der Waals surface area contributed by atoms with E-state index in [1.54, 1.807) is 24.5 Å². The maximum Gasteiger partial charge on any atom is 0.410 e. The van der Waals surface area contributed by atoms with E-state index in [2.05, 4.69) is 11.6 Å². The van der Waals surface area contributed by atoms with Gasteiger partial charge in [-0.25, -0.2) is 9.78 Å². The van der Waals surface area contributed by atoms with Gasteiger partial charge in [0.1, 0.15) is 5.60 Å². The molecule has 1 aromatic rings. The number of carbonyl (C=O) groups excluding carboxylic acids is 1. The highest BCUT2D eigenvalue weighted by Crippen LogP contribution is 2.29. The fourth-order valence-corrected chi connectivity index (χ4v) is 1.95. The van der Waals surface area contributed by atoms with Gasteiger partial charge in [-0.05, 0) is 41.5 Å². The summed E-state index contributed by atoms with van der Waals surface area (Å²) in [5.74, 6) is 0. The Labute approximate surface area is 127 Å². The highest BCUT2D eigenvalue weighted by atomic mass is 16.6. The second kappa shape index (κ2) is 5.92. The van der Waals surface area contributed by atoms with Crippen molar-refractivity contribution in [3.05, 3.63) is 30.9 Å². The van der Waals surface area contributed by atoms with Crippen LogP contribution in [0.3, 0.4) is 0 Å². The minimum atomic E-state index is -0.546. The molecule has 0 fully saturated rings. The Kier molecular flexibility index (Phi) is 4.87. The van der Waals surface area contributed by atoms with E-state index in [1.165, 1.54) is 0 Å². The third-order valence-electron chi connectivity index (χ3n) is 3.58. The van der Waals surface area contributed by atoms with E-state index in [4.69, 9.17) is 4.74 Å². The molecule has 1 amide bonds. The van der Waals surface area contributed by atoms with Crippen molar-refractivity contribution in [2.45, 2.75) is 58.7 Å². The highest BCUT2D eigenvalue weighted by Gasteiger charge is 2.35. The molecule has 1 atom stereocenters. The molecule has 1 unspecified atom stereocenters. The highest BCUT2D eigenvalue weighted by molar-refractivity contribution is 5.69. The summed E-state index contributed by atoms with van der Waals surface area (Å²) in [5.41, 5.74) is -0.130. The molecule has 0 saturated heterocycles. The minimum absolute atomic E-state index is 0.105. The van der Waals surface area contributed by atoms with Crippen LogP contribution in [0.4, 0.5) is 4.79 Å². The summed E-state index contributed by atoms with van der Waals surface area (Å²) in [6, 6.07) is 0.105. The molecule has 0 radical (unpaired) electrons. The molecular weight excluding hydrogens is 266 g/mol. The van der Waals surface area contributed by atoms with Crippen LogP contribution >= 0.6 is 0 Å². The molecule has 21 heavy (non-hydrogen) atoms. The SMILES string of the molecule is C=CC(C)n1cncc1C(C)(C)N(C)C(=O)OC(C)(C)C. The van der Waals surface area contributed by atoms with Crippen molar-refractivity contribution in [3.63, 3.8) is 0 Å². The van der Waals surface area contributed by atoms with Crippen LogP contribution in [0.15, 0.2) is 25.2 Å². The van der Waals surface area contributed by atoms with E-state index in [1.807, 2.05) is 52.2 Å². The molecule has 118 valence electrons. The maximum atomic E-state index is 12.3. The van der Waals surface area contributed by atoms with Crippen molar-refractivity contribution in [2.24, 2.45) is 0 Å². The van der Waals surface area contributed by atoms with Gasteiger partial charge in [-0.2, -0.15) is 0 Å². The number of hydrogen-bond acceptors (Lipinski definition) is 3. The van der Waals surface area contributed by atoms with Gasteiger partial charge in [0, 0.05) is 13.1 Å². The fourth-order valence-electron chi connectivity index (χ4n) is 1.95. The zero-order chi connectivity index (χ0) is 16.4. The van der Waals surface area contributed by atoms with Crippen LogP contribution in [0.1, 0.15) is 53.3 Å². The zero-order valence-electron chi connectivity index (χ0n) is 14.2. The van der Waals surface area contributed by atoms with Gasteiger partial charge in [-0.1, -0.05) is 6.08 Å². The lowest BCUT2D eigenvalue weighted by Gasteiger charge is -2.37. The first kappa shape index (κ1) is 17.3. The number of aromatic nitrogens is 2. The van der Waals surface area contributed by atoms with Gasteiger partial charge in [0.25, 0.3) is 0 Å². The van der Waals surface area contributed by atoms with E-state index in [-0.39, 0.29) is 12.1 Å². The second-order valence-corrected chi connectivity index (χ2v) is 6.76. The van der Waals surface area contributed by atoms with Crippen LogP contribution in [0, 0.1) is 0 Å². The van der Waals surface area contributed by atoms with Crippen molar-refractivity contribution in [2.75, 3.05) is 7.05 Å². The van der Waals surface area contributed by atoms with Crippen LogP contribution in [0.5, 0.6) is 0 Å². The Morgan fingerprint density at radius 2 is 2.00 bits per heavy atom. The lowest BCUT2D eigenvalue weighted by atomic mass is 9.99. The molecule has 0 saturated carbocycles. The van der Waals surface area contributed by atoms with Gasteiger partial charge in [0.2, 0.25) is 0 Å². The van der Waals surface area contributed by atoms with Crippen molar-refractivity contribution in [1.82, 2.24) is 14.5 Å². The van der Waals surface area contributed by atoms with Gasteiger partial charge in [-0.15, -0.1) is 6.58 Å². The summed E-state index contributed by atoms with van der Waals surface area (Å²) >= 11 is 0. The molecule has 0 spiro atoms. The molecule has 0 bridgehead atoms. The van der Waals surface area contributed by atoms with E-state index < -0.39 is 11.1 Å². The summed E-state index contributed by atoms with van der Waals surface area (Å²) in [4.78, 5) is 18.1. The Hall–Kier alpha value is -1.78. The number of amides is 1. The third-order valence-corrected chi connectivity index (χ3v) is 3.58. The largest absolute Gasteiger partial charge is 0.444 e. The maximum absolute atomic E-state index is 12.3. The number of carbonyl (C=O) groups is 1. The number of ether oxygens (including phenoxy) is 1. The summed E-state index contributed by atoms with van der Waals surface area (Å²) in [5, 5.41) is 0. The predicted octanol–water partition coefficient (Wildman–Crippen LogP) is 3.73. The van der Waals surface area contributed by atoms with Crippen molar-refractivity contribution < 1.29 is 9.53 Å². The summed E-state index contributed by atoms with van der Waals surface area (Å²) in [7, 11) is 1.74. The van der Waals surface area contributed by atoms with Gasteiger partial charge < -0.3 is 14.2 Å². The van der Waals surface area contributed by atoms with Crippen molar-refractivity contribution in [3.8, 4) is 0 Å². The normalized spacial score (nSPS) is 13.7. The van der Waals surface area contributed by atoms with Crippen LogP contribution in [0.25, 0.3) is 0 Å². The molecule has 1 aromatic heterocycles. The fraction of sp³-hybridized carbons (Fsp3) is 0.625. The first-order valence-corrected chi connectivity index (χ1v) is 7.12. The smallest absolute Gasteiger partial charge is 0.410 e. The van der Waals surface area contributed by atoms with Crippen molar-refractivity contribution in [1.29, 1.82) is 0 Å². The van der Waals surface area contributed by atoms with Gasteiger partial charge in [0.05, 0.1) is 23.8 Å². The lowest BCUT2D eigenvalue weighted by molar-refractivity contribution is 0.00906. The minimum Gasteiger partial charge on any atom is -0.444 e. The van der Waals surface area contributed by atoms with Crippen LogP contribution < -0.4 is 0 Å². The average Bonchev–Trinajstić information content (AvgIpc) is 2.84. The van der Waals surface area contributed by atoms with Crippen LogP contribution in [0.2, 0.25) is 0 Å². The summed E-state index contributed by atoms with van der Waals surface area (Å²) in [6.07, 6.45) is 5.02. The molecule has 0 aliphatic rings. The topological polar surface area (TPSA) is 47.4 Å². The Morgan fingerprint density at radius 3 is 2.48 bits per heavy atom. The Morgan fingerprint density at radius 1 is 1.43 bits per heavy atom. The lowest BCUT2D eigenvalue weighted by Crippen LogP contribution is -2.46. The predicted molar refractivity (Wildman–Crippen MR) is 84.2 cm³/mol. The number of rotatable bonds is 4. The average molecular weight is 293 g/mol. The Balaban J connectivity index is 3.08. The zero-order valence-corrected chi connectivity index (χ0v) is 14.2. The summed E-state index contributed by atoms with van der Waals surface area (Å²) in [6.45, 7) is 15.4. The van der Waals surface area contributed by atoms with Gasteiger partial charge in [-0.3, -0.25) is 0 Å². The molecule has 0 aliphatic heterocycles. The Bertz CT molecular complexity index is 512. The number of nitrogens with zero attached hydrogens (tertiary/aromatic N) is 3. The molecular formula is C16H27N3O2. The first-order valence-electron chi connectivity index (χ1n) is 7.12. The molecule has 5 heteroatoms. The summed E-state index contributed by atoms with van der Waals surface area (Å²) < 4.78 is 7.46. The van der Waals surface area contributed by atoms with E-state index >= 15 is 0 Å². The molecule has 0 aromatic carbocycles.